The summed E-state index contributed by atoms with van der Waals surface area (Å²) >= 11 is 0. The quantitative estimate of drug-likeness (QED) is 0.650. The monoisotopic (exact) mass is 208 g/mol. The molecule has 0 saturated carbocycles. The van der Waals surface area contributed by atoms with Gasteiger partial charge in [0.1, 0.15) is 5.69 Å². The smallest absolute Gasteiger partial charge is 0.272 e. The maximum absolute atomic E-state index is 11.8. The third-order valence-electron chi connectivity index (χ3n) is 2.68. The van der Waals surface area contributed by atoms with Gasteiger partial charge in [-0.25, -0.2) is 4.98 Å². The van der Waals surface area contributed by atoms with Gasteiger partial charge in [0.25, 0.3) is 5.91 Å². The average Bonchev–Trinajstić information content (AvgIpc) is 2.66. The molecule has 1 atom stereocenters. The SMILES string of the molecule is Cc1[nH]cnc1C(=O)N[C@@H]1CCCNC1. The van der Waals surface area contributed by atoms with E-state index in [0.29, 0.717) is 5.69 Å². The van der Waals surface area contributed by atoms with E-state index in [2.05, 4.69) is 20.6 Å². The highest BCUT2D eigenvalue weighted by Crippen LogP contribution is 2.04. The molecule has 82 valence electrons. The van der Waals surface area contributed by atoms with Crippen LogP contribution in [0.3, 0.4) is 0 Å². The van der Waals surface area contributed by atoms with E-state index in [0.717, 1.165) is 31.6 Å². The first-order valence-corrected chi connectivity index (χ1v) is 5.29. The summed E-state index contributed by atoms with van der Waals surface area (Å²) in [5.74, 6) is -0.0811. The van der Waals surface area contributed by atoms with Gasteiger partial charge in [0.15, 0.2) is 0 Å². The van der Waals surface area contributed by atoms with Crippen LogP contribution in [0.2, 0.25) is 0 Å². The largest absolute Gasteiger partial charge is 0.348 e. The van der Waals surface area contributed by atoms with Crippen LogP contribution in [0, 0.1) is 6.92 Å². The molecule has 1 aliphatic rings. The maximum Gasteiger partial charge on any atom is 0.272 e. The zero-order valence-electron chi connectivity index (χ0n) is 8.84. The number of imidazole rings is 1. The number of H-pyrrole nitrogens is 1. The number of hydrogen-bond donors (Lipinski definition) is 3. The Kier molecular flexibility index (Phi) is 3.01. The summed E-state index contributed by atoms with van der Waals surface area (Å²) in [5, 5.41) is 6.24. The summed E-state index contributed by atoms with van der Waals surface area (Å²) in [6.07, 6.45) is 3.70. The lowest BCUT2D eigenvalue weighted by molar-refractivity contribution is 0.0925. The van der Waals surface area contributed by atoms with Crippen LogP contribution in [0.25, 0.3) is 0 Å². The second-order valence-electron chi connectivity index (χ2n) is 3.89. The van der Waals surface area contributed by atoms with Gasteiger partial charge in [-0.2, -0.15) is 0 Å². The molecule has 3 N–H and O–H groups in total. The number of carbonyl (C=O) groups is 1. The van der Waals surface area contributed by atoms with Crippen molar-refractivity contribution in [3.8, 4) is 0 Å². The van der Waals surface area contributed by atoms with Gasteiger partial charge in [-0.15, -0.1) is 0 Å². The fourth-order valence-electron chi connectivity index (χ4n) is 1.82. The van der Waals surface area contributed by atoms with E-state index in [9.17, 15) is 4.79 Å². The predicted molar refractivity (Wildman–Crippen MR) is 56.7 cm³/mol. The Bertz CT molecular complexity index is 341. The van der Waals surface area contributed by atoms with Gasteiger partial charge in [-0.1, -0.05) is 0 Å². The van der Waals surface area contributed by atoms with Crippen LogP contribution in [0.15, 0.2) is 6.33 Å². The number of nitrogens with one attached hydrogen (secondary N) is 3. The molecule has 1 aromatic heterocycles. The van der Waals surface area contributed by atoms with E-state index in [1.807, 2.05) is 6.92 Å². The summed E-state index contributed by atoms with van der Waals surface area (Å²) in [5.41, 5.74) is 1.32. The molecule has 0 radical (unpaired) electrons. The normalized spacial score (nSPS) is 21.3. The fraction of sp³-hybridized carbons (Fsp3) is 0.600. The van der Waals surface area contributed by atoms with Gasteiger partial charge in [0.2, 0.25) is 0 Å². The van der Waals surface area contributed by atoms with Crippen LogP contribution in [-0.4, -0.2) is 35.0 Å². The molecule has 5 nitrogen and oxygen atoms in total. The molecule has 1 saturated heterocycles. The number of nitrogens with zero attached hydrogens (tertiary/aromatic N) is 1. The Hall–Kier alpha value is -1.36. The molecule has 1 aromatic rings. The van der Waals surface area contributed by atoms with E-state index < -0.39 is 0 Å². The average molecular weight is 208 g/mol. The van der Waals surface area contributed by atoms with Crippen molar-refractivity contribution in [2.24, 2.45) is 0 Å². The van der Waals surface area contributed by atoms with Crippen molar-refractivity contribution in [2.45, 2.75) is 25.8 Å². The zero-order chi connectivity index (χ0) is 10.7. The van der Waals surface area contributed by atoms with Gasteiger partial charge in [-0.3, -0.25) is 4.79 Å². The van der Waals surface area contributed by atoms with E-state index in [1.165, 1.54) is 0 Å². The first-order chi connectivity index (χ1) is 7.27. The van der Waals surface area contributed by atoms with Crippen LogP contribution in [0.1, 0.15) is 29.0 Å². The summed E-state index contributed by atoms with van der Waals surface area (Å²) in [6.45, 7) is 3.75. The molecule has 1 aliphatic heterocycles. The number of carbonyl (C=O) groups excluding carboxylic acids is 1. The van der Waals surface area contributed by atoms with Crippen LogP contribution < -0.4 is 10.6 Å². The van der Waals surface area contributed by atoms with Crippen molar-refractivity contribution in [1.29, 1.82) is 0 Å². The molecule has 2 rings (SSSR count). The van der Waals surface area contributed by atoms with Gasteiger partial charge < -0.3 is 15.6 Å². The molecule has 0 unspecified atom stereocenters. The zero-order valence-corrected chi connectivity index (χ0v) is 8.84. The summed E-state index contributed by atoms with van der Waals surface area (Å²) in [4.78, 5) is 18.7. The van der Waals surface area contributed by atoms with Gasteiger partial charge in [-0.05, 0) is 26.3 Å². The Morgan fingerprint density at radius 3 is 3.13 bits per heavy atom. The van der Waals surface area contributed by atoms with Crippen molar-refractivity contribution in [1.82, 2.24) is 20.6 Å². The minimum absolute atomic E-state index is 0.0811. The highest BCUT2D eigenvalue weighted by molar-refractivity contribution is 5.93. The van der Waals surface area contributed by atoms with E-state index in [1.54, 1.807) is 6.33 Å². The molecule has 0 bridgehead atoms. The molecule has 5 heteroatoms. The second kappa shape index (κ2) is 4.44. The molecular formula is C10H16N4O. The van der Waals surface area contributed by atoms with Crippen molar-refractivity contribution in [3.05, 3.63) is 17.7 Å². The third kappa shape index (κ3) is 2.36. The lowest BCUT2D eigenvalue weighted by atomic mass is 10.1. The number of piperidine rings is 1. The van der Waals surface area contributed by atoms with Crippen LogP contribution in [0.4, 0.5) is 0 Å². The summed E-state index contributed by atoms with van der Waals surface area (Å²) in [7, 11) is 0. The number of amides is 1. The standard InChI is InChI=1S/C10H16N4O/c1-7-9(13-6-12-7)10(15)14-8-3-2-4-11-5-8/h6,8,11H,2-5H2,1H3,(H,12,13)(H,14,15)/t8-/m1/s1. The lowest BCUT2D eigenvalue weighted by Crippen LogP contribution is -2.45. The molecule has 1 fully saturated rings. The van der Waals surface area contributed by atoms with Crippen molar-refractivity contribution >= 4 is 5.91 Å². The molecule has 1 amide bonds. The van der Waals surface area contributed by atoms with E-state index >= 15 is 0 Å². The molecule has 0 aromatic carbocycles. The number of aryl methyl sites for hydroxylation is 1. The predicted octanol–water partition coefficient (Wildman–Crippen LogP) is 0.200. The molecule has 15 heavy (non-hydrogen) atoms. The minimum Gasteiger partial charge on any atom is -0.348 e. The van der Waals surface area contributed by atoms with Crippen molar-refractivity contribution < 1.29 is 4.79 Å². The van der Waals surface area contributed by atoms with Gasteiger partial charge in [0.05, 0.1) is 6.33 Å². The highest BCUT2D eigenvalue weighted by atomic mass is 16.2. The minimum atomic E-state index is -0.0811. The Balaban J connectivity index is 1.94. The van der Waals surface area contributed by atoms with Crippen LogP contribution in [0.5, 0.6) is 0 Å². The van der Waals surface area contributed by atoms with Crippen molar-refractivity contribution in [2.75, 3.05) is 13.1 Å². The molecule has 0 spiro atoms. The van der Waals surface area contributed by atoms with E-state index in [4.69, 9.17) is 0 Å². The Labute approximate surface area is 88.7 Å². The first kappa shape index (κ1) is 10.2. The number of rotatable bonds is 2. The molecule has 0 aliphatic carbocycles. The van der Waals surface area contributed by atoms with E-state index in [-0.39, 0.29) is 11.9 Å². The van der Waals surface area contributed by atoms with Crippen molar-refractivity contribution in [3.63, 3.8) is 0 Å². The van der Waals surface area contributed by atoms with Gasteiger partial charge >= 0.3 is 0 Å². The molecular weight excluding hydrogens is 192 g/mol. The highest BCUT2D eigenvalue weighted by Gasteiger charge is 2.18. The second-order valence-corrected chi connectivity index (χ2v) is 3.89. The Morgan fingerprint density at radius 2 is 2.53 bits per heavy atom. The molecule has 2 heterocycles. The fourth-order valence-corrected chi connectivity index (χ4v) is 1.82. The third-order valence-corrected chi connectivity index (χ3v) is 2.68. The summed E-state index contributed by atoms with van der Waals surface area (Å²) < 4.78 is 0. The number of hydrogen-bond acceptors (Lipinski definition) is 3. The summed E-state index contributed by atoms with van der Waals surface area (Å²) in [6, 6.07) is 0.238. The van der Waals surface area contributed by atoms with Crippen LogP contribution in [-0.2, 0) is 0 Å². The Morgan fingerprint density at radius 1 is 1.67 bits per heavy atom. The topological polar surface area (TPSA) is 69.8 Å². The maximum atomic E-state index is 11.8. The lowest BCUT2D eigenvalue weighted by Gasteiger charge is -2.23. The first-order valence-electron chi connectivity index (χ1n) is 5.29. The number of aromatic amines is 1. The van der Waals surface area contributed by atoms with Crippen LogP contribution >= 0.6 is 0 Å². The van der Waals surface area contributed by atoms with Gasteiger partial charge in [0, 0.05) is 18.3 Å². The number of aromatic nitrogens is 2.